The molecule has 3 rings (SSSR count). The van der Waals surface area contributed by atoms with E-state index in [4.69, 9.17) is 16.3 Å². The second-order valence-corrected chi connectivity index (χ2v) is 6.66. The van der Waals surface area contributed by atoms with E-state index in [-0.39, 0.29) is 11.7 Å². The van der Waals surface area contributed by atoms with Crippen molar-refractivity contribution < 1.29 is 14.6 Å². The van der Waals surface area contributed by atoms with Crippen molar-refractivity contribution in [2.45, 2.75) is 6.04 Å². The highest BCUT2D eigenvalue weighted by molar-refractivity contribution is 6.31. The monoisotopic (exact) mass is 414 g/mol. The summed E-state index contributed by atoms with van der Waals surface area (Å²) in [4.78, 5) is 34.6. The first kappa shape index (κ1) is 20.3. The lowest BCUT2D eigenvalue weighted by atomic mass is 10.0. The van der Waals surface area contributed by atoms with Gasteiger partial charge in [0.1, 0.15) is 6.04 Å². The van der Waals surface area contributed by atoms with Crippen LogP contribution in [0, 0.1) is 0 Å². The van der Waals surface area contributed by atoms with E-state index in [1.54, 1.807) is 30.3 Å². The normalized spacial score (nSPS) is 11.7. The highest BCUT2D eigenvalue weighted by Gasteiger charge is 2.28. The molecule has 0 radical (unpaired) electrons. The van der Waals surface area contributed by atoms with E-state index in [1.165, 1.54) is 18.7 Å². The maximum atomic E-state index is 12.7. The van der Waals surface area contributed by atoms with Gasteiger partial charge in [0.2, 0.25) is 11.7 Å². The number of methoxy groups -OCH3 is 1. The Balaban J connectivity index is 2.25. The zero-order valence-corrected chi connectivity index (χ0v) is 16.8. The molecule has 0 spiro atoms. The molecule has 1 N–H and O–H groups in total. The van der Waals surface area contributed by atoms with Crippen LogP contribution in [0.2, 0.25) is 5.02 Å². The zero-order valence-electron chi connectivity index (χ0n) is 16.0. The summed E-state index contributed by atoms with van der Waals surface area (Å²) in [6, 6.07) is 12.2. The van der Waals surface area contributed by atoms with Crippen LogP contribution >= 0.6 is 11.6 Å². The average Bonchev–Trinajstić information content (AvgIpc) is 2.72. The fourth-order valence-corrected chi connectivity index (χ4v) is 3.37. The minimum absolute atomic E-state index is 0.128. The SMILES string of the molecule is COc1c(C(=O)O)nc(N(C)C(c2ccccn2)c2ccccc2Cl)n(C)c1=O. The van der Waals surface area contributed by atoms with Gasteiger partial charge in [0.15, 0.2) is 5.69 Å². The average molecular weight is 415 g/mol. The molecular formula is C20H19ClN4O4. The van der Waals surface area contributed by atoms with Crippen LogP contribution in [0.15, 0.2) is 53.5 Å². The van der Waals surface area contributed by atoms with Crippen LogP contribution in [0.4, 0.5) is 5.95 Å². The minimum atomic E-state index is -1.36. The molecule has 8 nitrogen and oxygen atoms in total. The number of aromatic nitrogens is 3. The standard InChI is InChI=1S/C20H19ClN4O4/c1-24(20-23-15(19(27)28)17(29-3)18(26)25(20)2)16(14-10-6-7-11-22-14)12-8-4-5-9-13(12)21/h4-11,16H,1-3H3,(H,27,28). The number of hydrogen-bond donors (Lipinski definition) is 1. The smallest absolute Gasteiger partial charge is 0.358 e. The fourth-order valence-electron chi connectivity index (χ4n) is 3.13. The van der Waals surface area contributed by atoms with Gasteiger partial charge in [-0.25, -0.2) is 9.78 Å². The summed E-state index contributed by atoms with van der Waals surface area (Å²) in [5.74, 6) is -1.56. The van der Waals surface area contributed by atoms with Crippen LogP contribution in [0.25, 0.3) is 0 Å². The molecule has 0 amide bonds. The van der Waals surface area contributed by atoms with Crippen molar-refractivity contribution in [3.8, 4) is 5.75 Å². The van der Waals surface area contributed by atoms with Gasteiger partial charge in [-0.05, 0) is 23.8 Å². The van der Waals surface area contributed by atoms with Gasteiger partial charge in [0.25, 0.3) is 5.56 Å². The molecule has 150 valence electrons. The molecule has 3 aromatic rings. The van der Waals surface area contributed by atoms with E-state index < -0.39 is 23.3 Å². The van der Waals surface area contributed by atoms with E-state index in [2.05, 4.69) is 9.97 Å². The number of nitrogens with zero attached hydrogens (tertiary/aromatic N) is 4. The highest BCUT2D eigenvalue weighted by Crippen LogP contribution is 2.33. The lowest BCUT2D eigenvalue weighted by molar-refractivity contribution is 0.0685. The van der Waals surface area contributed by atoms with Crippen LogP contribution in [0.1, 0.15) is 27.8 Å². The van der Waals surface area contributed by atoms with E-state index in [0.717, 1.165) is 5.56 Å². The maximum Gasteiger partial charge on any atom is 0.358 e. The Labute approximate surface area is 172 Å². The number of rotatable bonds is 6. The summed E-state index contributed by atoms with van der Waals surface area (Å²) in [5, 5.41) is 10.00. The Morgan fingerprint density at radius 2 is 1.93 bits per heavy atom. The van der Waals surface area contributed by atoms with Gasteiger partial charge in [-0.15, -0.1) is 0 Å². The van der Waals surface area contributed by atoms with E-state index in [1.807, 2.05) is 30.3 Å². The summed E-state index contributed by atoms with van der Waals surface area (Å²) in [7, 11) is 4.43. The molecular weight excluding hydrogens is 396 g/mol. The Morgan fingerprint density at radius 1 is 1.24 bits per heavy atom. The lowest BCUT2D eigenvalue weighted by Gasteiger charge is -2.31. The van der Waals surface area contributed by atoms with Crippen molar-refractivity contribution in [1.82, 2.24) is 14.5 Å². The molecule has 29 heavy (non-hydrogen) atoms. The predicted molar refractivity (Wildman–Crippen MR) is 109 cm³/mol. The molecule has 1 aromatic carbocycles. The first-order valence-electron chi connectivity index (χ1n) is 8.63. The number of ether oxygens (including phenoxy) is 1. The van der Waals surface area contributed by atoms with Gasteiger partial charge >= 0.3 is 5.97 Å². The van der Waals surface area contributed by atoms with Crippen molar-refractivity contribution in [2.24, 2.45) is 7.05 Å². The van der Waals surface area contributed by atoms with Crippen molar-refractivity contribution in [3.63, 3.8) is 0 Å². The van der Waals surface area contributed by atoms with Crippen molar-refractivity contribution in [2.75, 3.05) is 19.1 Å². The molecule has 0 saturated heterocycles. The maximum absolute atomic E-state index is 12.7. The Hall–Kier alpha value is -3.39. The molecule has 2 heterocycles. The molecule has 0 aliphatic carbocycles. The molecule has 0 aliphatic heterocycles. The van der Waals surface area contributed by atoms with Gasteiger partial charge in [-0.2, -0.15) is 0 Å². The molecule has 9 heteroatoms. The quantitative estimate of drug-likeness (QED) is 0.662. The number of hydrogen-bond acceptors (Lipinski definition) is 6. The van der Waals surface area contributed by atoms with Crippen molar-refractivity contribution in [1.29, 1.82) is 0 Å². The largest absolute Gasteiger partial charge is 0.489 e. The number of halogens is 1. The molecule has 0 bridgehead atoms. The molecule has 0 aliphatic rings. The van der Waals surface area contributed by atoms with Gasteiger partial charge in [0.05, 0.1) is 12.8 Å². The van der Waals surface area contributed by atoms with Gasteiger partial charge < -0.3 is 14.7 Å². The molecule has 0 saturated carbocycles. The Bertz CT molecular complexity index is 1100. The molecule has 1 unspecified atom stereocenters. The first-order valence-corrected chi connectivity index (χ1v) is 9.01. The number of carboxylic acid groups (broad SMARTS) is 1. The lowest BCUT2D eigenvalue weighted by Crippen LogP contribution is -2.34. The van der Waals surface area contributed by atoms with Gasteiger partial charge in [-0.1, -0.05) is 35.9 Å². The summed E-state index contributed by atoms with van der Waals surface area (Å²) in [6.45, 7) is 0. The number of benzene rings is 1. The van der Waals surface area contributed by atoms with Crippen LogP contribution < -0.4 is 15.2 Å². The molecule has 1 atom stereocenters. The molecule has 0 fully saturated rings. The van der Waals surface area contributed by atoms with Crippen LogP contribution in [0.3, 0.4) is 0 Å². The number of pyridine rings is 1. The van der Waals surface area contributed by atoms with E-state index >= 15 is 0 Å². The third-order valence-corrected chi connectivity index (χ3v) is 4.85. The first-order chi connectivity index (χ1) is 13.9. The minimum Gasteiger partial charge on any atom is -0.489 e. The highest BCUT2D eigenvalue weighted by atomic mass is 35.5. The summed E-state index contributed by atoms with van der Waals surface area (Å²) in [5.41, 5.74) is 0.319. The van der Waals surface area contributed by atoms with Crippen LogP contribution in [0.5, 0.6) is 5.75 Å². The van der Waals surface area contributed by atoms with Crippen molar-refractivity contribution >= 4 is 23.5 Å². The Morgan fingerprint density at radius 3 is 2.52 bits per heavy atom. The van der Waals surface area contributed by atoms with E-state index in [9.17, 15) is 14.7 Å². The van der Waals surface area contributed by atoms with Crippen LogP contribution in [-0.2, 0) is 7.05 Å². The van der Waals surface area contributed by atoms with Gasteiger partial charge in [0, 0.05) is 25.3 Å². The van der Waals surface area contributed by atoms with Crippen molar-refractivity contribution in [3.05, 3.63) is 81.0 Å². The van der Waals surface area contributed by atoms with Gasteiger partial charge in [-0.3, -0.25) is 14.3 Å². The van der Waals surface area contributed by atoms with E-state index in [0.29, 0.717) is 10.7 Å². The second kappa shape index (κ2) is 8.32. The zero-order chi connectivity index (χ0) is 21.1. The summed E-state index contributed by atoms with van der Waals surface area (Å²) in [6.07, 6.45) is 1.65. The number of aromatic carboxylic acids is 1. The number of carbonyl (C=O) groups is 1. The fraction of sp³-hybridized carbons (Fsp3) is 0.200. The summed E-state index contributed by atoms with van der Waals surface area (Å²) >= 11 is 6.44. The summed E-state index contributed by atoms with van der Waals surface area (Å²) < 4.78 is 6.21. The predicted octanol–water partition coefficient (Wildman–Crippen LogP) is 2.76. The number of carboxylic acids is 1. The second-order valence-electron chi connectivity index (χ2n) is 6.25. The molecule has 2 aromatic heterocycles. The third-order valence-electron chi connectivity index (χ3n) is 4.50. The third kappa shape index (κ3) is 3.79. The van der Waals surface area contributed by atoms with Crippen LogP contribution in [-0.4, -0.2) is 39.8 Å². The topological polar surface area (TPSA) is 97.6 Å². The number of anilines is 1. The Kier molecular flexibility index (Phi) is 5.84.